The maximum Gasteiger partial charge on any atom is 0.251 e. The minimum Gasteiger partial charge on any atom is -0.493 e. The van der Waals surface area contributed by atoms with Crippen molar-refractivity contribution >= 4 is 5.91 Å². The molecule has 1 amide bonds. The van der Waals surface area contributed by atoms with Gasteiger partial charge in [-0.3, -0.25) is 9.69 Å². The van der Waals surface area contributed by atoms with Gasteiger partial charge in [-0.1, -0.05) is 0 Å². The molecule has 2 aliphatic carbocycles. The van der Waals surface area contributed by atoms with Crippen LogP contribution in [0.3, 0.4) is 0 Å². The molecule has 0 bridgehead atoms. The maximum atomic E-state index is 12.5. The Morgan fingerprint density at radius 3 is 2.20 bits per heavy atom. The van der Waals surface area contributed by atoms with Gasteiger partial charge in [0.25, 0.3) is 5.91 Å². The molecule has 3 rings (SSSR count). The highest BCUT2D eigenvalue weighted by molar-refractivity contribution is 5.95. The van der Waals surface area contributed by atoms with Crippen molar-refractivity contribution in [2.75, 3.05) is 41.0 Å². The van der Waals surface area contributed by atoms with Gasteiger partial charge < -0.3 is 19.5 Å². The highest BCUT2D eigenvalue weighted by Crippen LogP contribution is 2.38. The number of carbonyl (C=O) groups is 1. The second-order valence-corrected chi connectivity index (χ2v) is 6.84. The summed E-state index contributed by atoms with van der Waals surface area (Å²) in [5, 5.41) is 3.01. The van der Waals surface area contributed by atoms with Gasteiger partial charge in [0.2, 0.25) is 5.75 Å². The van der Waals surface area contributed by atoms with Crippen molar-refractivity contribution in [1.29, 1.82) is 0 Å². The molecule has 0 saturated heterocycles. The SMILES string of the molecule is COc1cc(C(=O)NCCN(CC2CC2)C2CC2)cc(OC)c1OC. The van der Waals surface area contributed by atoms with Crippen LogP contribution in [0.4, 0.5) is 0 Å². The van der Waals surface area contributed by atoms with Crippen LogP contribution in [0, 0.1) is 5.92 Å². The van der Waals surface area contributed by atoms with Gasteiger partial charge in [0.15, 0.2) is 11.5 Å². The fourth-order valence-electron chi connectivity index (χ4n) is 3.12. The van der Waals surface area contributed by atoms with E-state index in [9.17, 15) is 4.79 Å². The largest absolute Gasteiger partial charge is 0.493 e. The molecular formula is C19H28N2O4. The standard InChI is InChI=1S/C19H28N2O4/c1-23-16-10-14(11-17(24-2)18(16)25-3)19(22)20-8-9-21(15-6-7-15)12-13-4-5-13/h10-11,13,15H,4-9,12H2,1-3H3,(H,20,22). The lowest BCUT2D eigenvalue weighted by Gasteiger charge is -2.22. The number of hydrogen-bond donors (Lipinski definition) is 1. The summed E-state index contributed by atoms with van der Waals surface area (Å²) in [6.07, 6.45) is 5.32. The van der Waals surface area contributed by atoms with E-state index in [0.29, 0.717) is 29.4 Å². The average Bonchev–Trinajstić information content (AvgIpc) is 3.52. The van der Waals surface area contributed by atoms with Crippen LogP contribution in [0.25, 0.3) is 0 Å². The molecule has 2 fully saturated rings. The zero-order chi connectivity index (χ0) is 17.8. The molecule has 25 heavy (non-hydrogen) atoms. The number of rotatable bonds is 10. The van der Waals surface area contributed by atoms with E-state index in [0.717, 1.165) is 18.5 Å². The summed E-state index contributed by atoms with van der Waals surface area (Å²) in [5.41, 5.74) is 0.509. The molecule has 138 valence electrons. The lowest BCUT2D eigenvalue weighted by atomic mass is 10.1. The van der Waals surface area contributed by atoms with Crippen LogP contribution >= 0.6 is 0 Å². The van der Waals surface area contributed by atoms with E-state index >= 15 is 0 Å². The van der Waals surface area contributed by atoms with Gasteiger partial charge >= 0.3 is 0 Å². The number of benzene rings is 1. The highest BCUT2D eigenvalue weighted by atomic mass is 16.5. The molecule has 0 unspecified atom stereocenters. The van der Waals surface area contributed by atoms with Gasteiger partial charge in [-0.25, -0.2) is 0 Å². The first-order valence-corrected chi connectivity index (χ1v) is 8.98. The average molecular weight is 348 g/mol. The van der Waals surface area contributed by atoms with Crippen LogP contribution in [0.2, 0.25) is 0 Å². The van der Waals surface area contributed by atoms with E-state index < -0.39 is 0 Å². The Kier molecular flexibility index (Phi) is 5.68. The molecule has 1 N–H and O–H groups in total. The van der Waals surface area contributed by atoms with E-state index in [1.165, 1.54) is 32.2 Å². The number of nitrogens with zero attached hydrogens (tertiary/aromatic N) is 1. The molecular weight excluding hydrogens is 320 g/mol. The van der Waals surface area contributed by atoms with Crippen LogP contribution in [0.15, 0.2) is 12.1 Å². The second-order valence-electron chi connectivity index (χ2n) is 6.84. The lowest BCUT2D eigenvalue weighted by molar-refractivity contribution is 0.0946. The van der Waals surface area contributed by atoms with Crippen LogP contribution in [-0.4, -0.2) is 57.8 Å². The lowest BCUT2D eigenvalue weighted by Crippen LogP contribution is -2.37. The number of methoxy groups -OCH3 is 3. The summed E-state index contributed by atoms with van der Waals surface area (Å²) in [6.45, 7) is 2.75. The Balaban J connectivity index is 1.58. The first-order valence-electron chi connectivity index (χ1n) is 8.98. The summed E-state index contributed by atoms with van der Waals surface area (Å²) in [7, 11) is 4.64. The molecule has 0 atom stereocenters. The minimum atomic E-state index is -0.124. The predicted molar refractivity (Wildman–Crippen MR) is 95.8 cm³/mol. The predicted octanol–water partition coefficient (Wildman–Crippen LogP) is 2.32. The molecule has 6 nitrogen and oxygen atoms in total. The summed E-state index contributed by atoms with van der Waals surface area (Å²) < 4.78 is 15.9. The van der Waals surface area contributed by atoms with Gasteiger partial charge in [0, 0.05) is 31.2 Å². The third-order valence-electron chi connectivity index (χ3n) is 4.86. The van der Waals surface area contributed by atoms with E-state index in [-0.39, 0.29) is 5.91 Å². The Morgan fingerprint density at radius 2 is 1.72 bits per heavy atom. The first kappa shape index (κ1) is 17.9. The van der Waals surface area contributed by atoms with Crippen LogP contribution < -0.4 is 19.5 Å². The van der Waals surface area contributed by atoms with Gasteiger partial charge in [-0.15, -0.1) is 0 Å². The third kappa shape index (κ3) is 4.57. The Hall–Kier alpha value is -1.95. The fraction of sp³-hybridized carbons (Fsp3) is 0.632. The molecule has 1 aromatic rings. The number of nitrogens with one attached hydrogen (secondary N) is 1. The number of ether oxygens (including phenoxy) is 3. The smallest absolute Gasteiger partial charge is 0.251 e. The summed E-state index contributed by atoms with van der Waals surface area (Å²) in [6, 6.07) is 4.10. The maximum absolute atomic E-state index is 12.5. The number of hydrogen-bond acceptors (Lipinski definition) is 5. The van der Waals surface area contributed by atoms with Crippen molar-refractivity contribution in [3.8, 4) is 17.2 Å². The van der Waals surface area contributed by atoms with E-state index in [2.05, 4.69) is 10.2 Å². The first-order chi connectivity index (χ1) is 12.2. The number of carbonyl (C=O) groups excluding carboxylic acids is 1. The highest BCUT2D eigenvalue weighted by Gasteiger charge is 2.33. The van der Waals surface area contributed by atoms with Gasteiger partial charge in [-0.2, -0.15) is 0 Å². The zero-order valence-electron chi connectivity index (χ0n) is 15.3. The monoisotopic (exact) mass is 348 g/mol. The molecule has 0 heterocycles. The van der Waals surface area contributed by atoms with E-state index in [4.69, 9.17) is 14.2 Å². The molecule has 0 aliphatic heterocycles. The summed E-state index contributed by atoms with van der Waals surface area (Å²) in [4.78, 5) is 15.0. The Bertz CT molecular complexity index is 586. The van der Waals surface area contributed by atoms with Crippen molar-refractivity contribution < 1.29 is 19.0 Å². The van der Waals surface area contributed by atoms with E-state index in [1.54, 1.807) is 33.5 Å². The quantitative estimate of drug-likeness (QED) is 0.703. The molecule has 2 aliphatic rings. The molecule has 0 spiro atoms. The van der Waals surface area contributed by atoms with Gasteiger partial charge in [0.05, 0.1) is 21.3 Å². The van der Waals surface area contributed by atoms with Crippen molar-refractivity contribution in [3.63, 3.8) is 0 Å². The normalized spacial score (nSPS) is 16.6. The van der Waals surface area contributed by atoms with Gasteiger partial charge in [0.1, 0.15) is 0 Å². The van der Waals surface area contributed by atoms with Crippen LogP contribution in [-0.2, 0) is 0 Å². The molecule has 1 aromatic carbocycles. The Labute approximate surface area is 149 Å². The summed E-state index contributed by atoms with van der Waals surface area (Å²) >= 11 is 0. The molecule has 2 saturated carbocycles. The van der Waals surface area contributed by atoms with Crippen molar-refractivity contribution in [3.05, 3.63) is 17.7 Å². The van der Waals surface area contributed by atoms with Crippen molar-refractivity contribution in [2.45, 2.75) is 31.7 Å². The second kappa shape index (κ2) is 7.95. The Morgan fingerprint density at radius 1 is 1.08 bits per heavy atom. The van der Waals surface area contributed by atoms with Crippen molar-refractivity contribution in [2.24, 2.45) is 5.92 Å². The van der Waals surface area contributed by atoms with E-state index in [1.807, 2.05) is 0 Å². The third-order valence-corrected chi connectivity index (χ3v) is 4.86. The number of amides is 1. The fourth-order valence-corrected chi connectivity index (χ4v) is 3.12. The van der Waals surface area contributed by atoms with Crippen molar-refractivity contribution in [1.82, 2.24) is 10.2 Å². The summed E-state index contributed by atoms with van der Waals surface area (Å²) in [5.74, 6) is 2.22. The zero-order valence-corrected chi connectivity index (χ0v) is 15.3. The van der Waals surface area contributed by atoms with Crippen LogP contribution in [0.5, 0.6) is 17.2 Å². The van der Waals surface area contributed by atoms with Crippen LogP contribution in [0.1, 0.15) is 36.0 Å². The van der Waals surface area contributed by atoms with Gasteiger partial charge in [-0.05, 0) is 43.7 Å². The molecule has 0 aromatic heterocycles. The molecule has 0 radical (unpaired) electrons. The minimum absolute atomic E-state index is 0.124. The topological polar surface area (TPSA) is 60.0 Å². The molecule has 6 heteroatoms.